The molecule has 3 nitrogen and oxygen atoms in total. The van der Waals surface area contributed by atoms with Crippen molar-refractivity contribution in [1.82, 2.24) is 10.3 Å². The van der Waals surface area contributed by atoms with E-state index in [1.807, 2.05) is 6.07 Å². The summed E-state index contributed by atoms with van der Waals surface area (Å²) >= 11 is 1.73. The van der Waals surface area contributed by atoms with Crippen LogP contribution in [0.5, 0.6) is 0 Å². The summed E-state index contributed by atoms with van der Waals surface area (Å²) in [4.78, 5) is 4.15. The minimum absolute atomic E-state index is 0.322. The van der Waals surface area contributed by atoms with Crippen molar-refractivity contribution in [1.29, 1.82) is 0 Å². The van der Waals surface area contributed by atoms with Gasteiger partial charge in [-0.2, -0.15) is 11.3 Å². The maximum Gasteiger partial charge on any atom is 0.126 e. The van der Waals surface area contributed by atoms with Crippen LogP contribution in [-0.2, 0) is 6.42 Å². The molecule has 0 aliphatic carbocycles. The average molecular weight is 261 g/mol. The van der Waals surface area contributed by atoms with Crippen LogP contribution in [0.25, 0.3) is 0 Å². The van der Waals surface area contributed by atoms with Gasteiger partial charge in [-0.25, -0.2) is 4.98 Å². The normalized spacial score (nSPS) is 12.5. The molecule has 0 radical (unpaired) electrons. The second-order valence-corrected chi connectivity index (χ2v) is 5.10. The number of nitrogens with zero attached hydrogens (tertiary/aromatic N) is 1. The Morgan fingerprint density at radius 1 is 1.44 bits per heavy atom. The Morgan fingerprint density at radius 3 is 3.00 bits per heavy atom. The van der Waals surface area contributed by atoms with Gasteiger partial charge in [-0.05, 0) is 53.4 Å². The molecule has 1 unspecified atom stereocenters. The second-order valence-electron chi connectivity index (χ2n) is 4.32. The lowest BCUT2D eigenvalue weighted by molar-refractivity contribution is 0.530. The van der Waals surface area contributed by atoms with E-state index in [1.165, 1.54) is 5.56 Å². The molecule has 0 saturated carbocycles. The number of nitrogens with one attached hydrogen (secondary N) is 1. The number of anilines is 1. The Labute approximate surface area is 112 Å². The molecule has 4 heteroatoms. The number of pyridine rings is 1. The summed E-state index contributed by atoms with van der Waals surface area (Å²) in [6.07, 6.45) is 3.75. The number of nitrogen functional groups attached to an aromatic ring is 1. The molecular weight excluding hydrogens is 242 g/mol. The Bertz CT molecular complexity index is 468. The first-order valence-electron chi connectivity index (χ1n) is 6.26. The van der Waals surface area contributed by atoms with Crippen LogP contribution in [0, 0.1) is 0 Å². The number of aromatic nitrogens is 1. The van der Waals surface area contributed by atoms with E-state index in [1.54, 1.807) is 17.5 Å². The van der Waals surface area contributed by atoms with Crippen LogP contribution >= 0.6 is 11.3 Å². The van der Waals surface area contributed by atoms with Gasteiger partial charge in [-0.15, -0.1) is 0 Å². The molecule has 0 spiro atoms. The molecule has 2 rings (SSSR count). The van der Waals surface area contributed by atoms with E-state index >= 15 is 0 Å². The van der Waals surface area contributed by atoms with Crippen LogP contribution in [0.1, 0.15) is 30.5 Å². The fourth-order valence-corrected chi connectivity index (χ4v) is 2.66. The van der Waals surface area contributed by atoms with Gasteiger partial charge in [0.15, 0.2) is 0 Å². The quantitative estimate of drug-likeness (QED) is 0.840. The van der Waals surface area contributed by atoms with Gasteiger partial charge >= 0.3 is 0 Å². The van der Waals surface area contributed by atoms with Gasteiger partial charge in [0.1, 0.15) is 5.82 Å². The Balaban J connectivity index is 2.13. The van der Waals surface area contributed by atoms with Crippen molar-refractivity contribution in [3.63, 3.8) is 0 Å². The number of rotatable bonds is 6. The summed E-state index contributed by atoms with van der Waals surface area (Å²) in [6.45, 7) is 3.19. The number of hydrogen-bond donors (Lipinski definition) is 2. The summed E-state index contributed by atoms with van der Waals surface area (Å²) in [6, 6.07) is 6.48. The van der Waals surface area contributed by atoms with Gasteiger partial charge in [-0.3, -0.25) is 0 Å². The zero-order valence-electron chi connectivity index (χ0n) is 10.6. The predicted octanol–water partition coefficient (Wildman–Crippen LogP) is 3.01. The lowest BCUT2D eigenvalue weighted by Gasteiger charge is -2.18. The smallest absolute Gasteiger partial charge is 0.126 e. The highest BCUT2D eigenvalue weighted by Gasteiger charge is 2.13. The molecule has 0 fully saturated rings. The van der Waals surface area contributed by atoms with Crippen molar-refractivity contribution >= 4 is 17.2 Å². The van der Waals surface area contributed by atoms with Gasteiger partial charge in [0.25, 0.3) is 0 Å². The van der Waals surface area contributed by atoms with Crippen LogP contribution in [0.2, 0.25) is 0 Å². The van der Waals surface area contributed by atoms with E-state index in [0.717, 1.165) is 24.9 Å². The summed E-state index contributed by atoms with van der Waals surface area (Å²) in [5, 5.41) is 7.88. The summed E-state index contributed by atoms with van der Waals surface area (Å²) in [5.41, 5.74) is 8.35. The molecule has 2 aromatic heterocycles. The second kappa shape index (κ2) is 6.52. The maximum atomic E-state index is 5.91. The molecule has 0 aliphatic rings. The van der Waals surface area contributed by atoms with Crippen LogP contribution in [0.15, 0.2) is 35.2 Å². The fraction of sp³-hybridized carbons (Fsp3) is 0.357. The van der Waals surface area contributed by atoms with E-state index in [9.17, 15) is 0 Å². The predicted molar refractivity (Wildman–Crippen MR) is 77.7 cm³/mol. The fourth-order valence-electron chi connectivity index (χ4n) is 1.94. The Hall–Kier alpha value is -1.39. The zero-order chi connectivity index (χ0) is 12.8. The van der Waals surface area contributed by atoms with Crippen molar-refractivity contribution in [3.8, 4) is 0 Å². The summed E-state index contributed by atoms with van der Waals surface area (Å²) < 4.78 is 0. The van der Waals surface area contributed by atoms with E-state index in [4.69, 9.17) is 5.73 Å². The van der Waals surface area contributed by atoms with E-state index < -0.39 is 0 Å². The van der Waals surface area contributed by atoms with Crippen molar-refractivity contribution in [2.24, 2.45) is 0 Å². The first kappa shape index (κ1) is 13.1. The molecule has 2 heterocycles. The molecule has 3 N–H and O–H groups in total. The van der Waals surface area contributed by atoms with E-state index in [2.05, 4.69) is 40.1 Å². The number of thiophene rings is 1. The monoisotopic (exact) mass is 261 g/mol. The van der Waals surface area contributed by atoms with Gasteiger partial charge < -0.3 is 11.1 Å². The Morgan fingerprint density at radius 2 is 2.33 bits per heavy atom. The highest BCUT2D eigenvalue weighted by atomic mass is 32.1. The molecule has 96 valence electrons. The highest BCUT2D eigenvalue weighted by molar-refractivity contribution is 7.07. The minimum atomic E-state index is 0.322. The average Bonchev–Trinajstić information content (AvgIpc) is 2.90. The van der Waals surface area contributed by atoms with Gasteiger partial charge in [-0.1, -0.05) is 13.0 Å². The largest absolute Gasteiger partial charge is 0.383 e. The minimum Gasteiger partial charge on any atom is -0.383 e. The zero-order valence-corrected chi connectivity index (χ0v) is 11.4. The van der Waals surface area contributed by atoms with Crippen molar-refractivity contribution in [3.05, 3.63) is 46.3 Å². The van der Waals surface area contributed by atoms with Crippen LogP contribution in [-0.4, -0.2) is 11.5 Å². The van der Waals surface area contributed by atoms with E-state index in [-0.39, 0.29) is 0 Å². The van der Waals surface area contributed by atoms with Crippen LogP contribution < -0.4 is 11.1 Å². The topological polar surface area (TPSA) is 50.9 Å². The number of nitrogens with two attached hydrogens (primary N) is 1. The molecule has 1 atom stereocenters. The molecule has 0 amide bonds. The molecule has 18 heavy (non-hydrogen) atoms. The van der Waals surface area contributed by atoms with E-state index in [0.29, 0.717) is 11.9 Å². The van der Waals surface area contributed by atoms with Crippen molar-refractivity contribution < 1.29 is 0 Å². The summed E-state index contributed by atoms with van der Waals surface area (Å²) in [5.74, 6) is 0.635. The van der Waals surface area contributed by atoms with Gasteiger partial charge in [0.05, 0.1) is 0 Å². The van der Waals surface area contributed by atoms with Gasteiger partial charge in [0, 0.05) is 12.2 Å². The molecule has 0 aromatic carbocycles. The molecule has 0 saturated heterocycles. The third-order valence-corrected chi connectivity index (χ3v) is 3.64. The maximum absolute atomic E-state index is 5.91. The Kier molecular flexibility index (Phi) is 4.73. The van der Waals surface area contributed by atoms with Crippen LogP contribution in [0.4, 0.5) is 5.82 Å². The number of hydrogen-bond acceptors (Lipinski definition) is 4. The van der Waals surface area contributed by atoms with Crippen molar-refractivity contribution in [2.75, 3.05) is 12.3 Å². The molecule has 0 aliphatic heterocycles. The lowest BCUT2D eigenvalue weighted by atomic mass is 10.0. The molecule has 0 bridgehead atoms. The SMILES string of the molecule is CCCNC(Cc1cccnc1N)c1ccsc1. The standard InChI is InChI=1S/C14H19N3S/c1-2-6-16-13(12-5-8-18-10-12)9-11-4-3-7-17-14(11)15/h3-5,7-8,10,13,16H,2,6,9H2,1H3,(H2,15,17). The first-order valence-corrected chi connectivity index (χ1v) is 7.20. The van der Waals surface area contributed by atoms with Crippen molar-refractivity contribution in [2.45, 2.75) is 25.8 Å². The highest BCUT2D eigenvalue weighted by Crippen LogP contribution is 2.22. The lowest BCUT2D eigenvalue weighted by Crippen LogP contribution is -2.24. The first-order chi connectivity index (χ1) is 8.81. The molecule has 2 aromatic rings. The third-order valence-electron chi connectivity index (χ3n) is 2.94. The third kappa shape index (κ3) is 3.31. The molecular formula is C14H19N3S. The van der Waals surface area contributed by atoms with Crippen LogP contribution in [0.3, 0.4) is 0 Å². The van der Waals surface area contributed by atoms with Gasteiger partial charge in [0.2, 0.25) is 0 Å². The summed E-state index contributed by atoms with van der Waals surface area (Å²) in [7, 11) is 0.